The first-order chi connectivity index (χ1) is 8.77. The molecule has 0 radical (unpaired) electrons. The van der Waals surface area contributed by atoms with E-state index >= 15 is 0 Å². The number of rotatable bonds is 3. The largest absolute Gasteiger partial charge is 0.314 e. The number of hydrogen-bond donors (Lipinski definition) is 0. The van der Waals surface area contributed by atoms with Gasteiger partial charge < -0.3 is 4.90 Å². The van der Waals surface area contributed by atoms with Crippen LogP contribution in [0.2, 0.25) is 0 Å². The van der Waals surface area contributed by atoms with Crippen LogP contribution >= 0.6 is 0 Å². The second-order valence-corrected chi connectivity index (χ2v) is 5.56. The lowest BCUT2D eigenvalue weighted by molar-refractivity contribution is -0.520. The van der Waals surface area contributed by atoms with Gasteiger partial charge in [-0.05, 0) is 25.5 Å². The summed E-state index contributed by atoms with van der Waals surface area (Å²) in [7, 11) is 1.72. The highest BCUT2D eigenvalue weighted by molar-refractivity contribution is 6.07. The molecular weight excluding hydrogens is 244 g/mol. The molecule has 1 aliphatic rings. The second kappa shape index (κ2) is 4.33. The number of nitro groups is 1. The van der Waals surface area contributed by atoms with Crippen molar-refractivity contribution in [3.63, 3.8) is 0 Å². The van der Waals surface area contributed by atoms with Crippen LogP contribution in [0.1, 0.15) is 31.4 Å². The summed E-state index contributed by atoms with van der Waals surface area (Å²) in [6, 6.07) is 5.08. The molecule has 19 heavy (non-hydrogen) atoms. The molecule has 0 saturated heterocycles. The first kappa shape index (κ1) is 13.5. The molecule has 2 unspecified atom stereocenters. The van der Waals surface area contributed by atoms with Crippen molar-refractivity contribution in [3.8, 4) is 0 Å². The van der Waals surface area contributed by atoms with Crippen LogP contribution in [0.25, 0.3) is 0 Å². The number of amides is 1. The van der Waals surface area contributed by atoms with Crippen molar-refractivity contribution >= 4 is 11.6 Å². The zero-order valence-electron chi connectivity index (χ0n) is 11.6. The fourth-order valence-electron chi connectivity index (χ4n) is 2.84. The maximum absolute atomic E-state index is 12.5. The molecule has 1 amide bonds. The summed E-state index contributed by atoms with van der Waals surface area (Å²) in [5, 5.41) is 10.9. The van der Waals surface area contributed by atoms with Crippen molar-refractivity contribution in [3.05, 3.63) is 39.4 Å². The van der Waals surface area contributed by atoms with Gasteiger partial charge in [-0.1, -0.05) is 17.7 Å². The molecule has 2 rings (SSSR count). The fourth-order valence-corrected chi connectivity index (χ4v) is 2.84. The predicted octanol–water partition coefficient (Wildman–Crippen LogP) is 2.28. The quantitative estimate of drug-likeness (QED) is 0.620. The number of likely N-dealkylation sites (N-methyl/N-ethyl adjacent to an activating group) is 1. The average molecular weight is 262 g/mol. The highest BCUT2D eigenvalue weighted by Gasteiger charge is 2.48. The SMILES string of the molecule is Cc1ccc2c(c1)C(C)(CC(C)[N+](=O)[O-])C(=O)N2C. The van der Waals surface area contributed by atoms with Crippen LogP contribution < -0.4 is 4.90 Å². The second-order valence-electron chi connectivity index (χ2n) is 5.56. The minimum absolute atomic E-state index is 0.0678. The van der Waals surface area contributed by atoms with Crippen LogP contribution in [0.15, 0.2) is 18.2 Å². The van der Waals surface area contributed by atoms with E-state index in [0.29, 0.717) is 0 Å². The highest BCUT2D eigenvalue weighted by atomic mass is 16.6. The minimum atomic E-state index is -0.803. The van der Waals surface area contributed by atoms with E-state index in [-0.39, 0.29) is 17.3 Å². The van der Waals surface area contributed by atoms with Crippen molar-refractivity contribution < 1.29 is 9.72 Å². The lowest BCUT2D eigenvalue weighted by Crippen LogP contribution is -2.39. The Bertz CT molecular complexity index is 556. The van der Waals surface area contributed by atoms with E-state index in [1.54, 1.807) is 25.8 Å². The van der Waals surface area contributed by atoms with Gasteiger partial charge in [0.05, 0.1) is 5.41 Å². The van der Waals surface area contributed by atoms with Crippen LogP contribution in [0, 0.1) is 17.0 Å². The van der Waals surface area contributed by atoms with Gasteiger partial charge >= 0.3 is 0 Å². The molecule has 5 nitrogen and oxygen atoms in total. The van der Waals surface area contributed by atoms with Crippen molar-refractivity contribution in [2.75, 3.05) is 11.9 Å². The van der Waals surface area contributed by atoms with Crippen LogP contribution in [0.5, 0.6) is 0 Å². The molecule has 0 saturated carbocycles. The topological polar surface area (TPSA) is 63.5 Å². The molecule has 1 aliphatic heterocycles. The third kappa shape index (κ3) is 1.99. The van der Waals surface area contributed by atoms with Crippen molar-refractivity contribution in [2.45, 2.75) is 38.6 Å². The van der Waals surface area contributed by atoms with Crippen molar-refractivity contribution in [2.24, 2.45) is 0 Å². The Morgan fingerprint density at radius 2 is 2.11 bits per heavy atom. The number of nitrogens with zero attached hydrogens (tertiary/aromatic N) is 2. The molecule has 1 aromatic carbocycles. The van der Waals surface area contributed by atoms with E-state index in [2.05, 4.69) is 0 Å². The molecular formula is C14H18N2O3. The van der Waals surface area contributed by atoms with E-state index in [1.807, 2.05) is 25.1 Å². The number of aryl methyl sites for hydroxylation is 1. The molecule has 2 atom stereocenters. The Kier molecular flexibility index (Phi) is 3.08. The monoisotopic (exact) mass is 262 g/mol. The Balaban J connectivity index is 2.49. The molecule has 0 fully saturated rings. The Morgan fingerprint density at radius 1 is 1.47 bits per heavy atom. The molecule has 102 valence electrons. The van der Waals surface area contributed by atoms with Crippen LogP contribution in [-0.2, 0) is 10.2 Å². The number of fused-ring (bicyclic) bond motifs is 1. The van der Waals surface area contributed by atoms with E-state index in [0.717, 1.165) is 16.8 Å². The van der Waals surface area contributed by atoms with Crippen LogP contribution in [0.4, 0.5) is 5.69 Å². The fraction of sp³-hybridized carbons (Fsp3) is 0.500. The maximum atomic E-state index is 12.5. The first-order valence-corrected chi connectivity index (χ1v) is 6.30. The van der Waals surface area contributed by atoms with Gasteiger partial charge in [0.25, 0.3) is 0 Å². The van der Waals surface area contributed by atoms with Gasteiger partial charge in [0, 0.05) is 31.0 Å². The molecule has 0 aromatic heterocycles. The van der Waals surface area contributed by atoms with Gasteiger partial charge in [-0.25, -0.2) is 0 Å². The molecule has 0 aliphatic carbocycles. The molecule has 1 aromatic rings. The summed E-state index contributed by atoms with van der Waals surface area (Å²) in [6.07, 6.45) is 0.222. The van der Waals surface area contributed by atoms with Gasteiger partial charge in [-0.3, -0.25) is 14.9 Å². The standard InChI is InChI=1S/C14H18N2O3/c1-9-5-6-12-11(7-9)14(3,13(17)15(12)4)8-10(2)16(18)19/h5-7,10H,8H2,1-4H3. The normalized spacial score (nSPS) is 23.4. The zero-order valence-corrected chi connectivity index (χ0v) is 11.6. The number of anilines is 1. The summed E-state index contributed by atoms with van der Waals surface area (Å²) in [5.74, 6) is -0.0678. The van der Waals surface area contributed by atoms with Crippen molar-refractivity contribution in [1.29, 1.82) is 0 Å². The maximum Gasteiger partial charge on any atom is 0.237 e. The summed E-state index contributed by atoms with van der Waals surface area (Å²) < 4.78 is 0. The van der Waals surface area contributed by atoms with Gasteiger partial charge in [0.2, 0.25) is 11.9 Å². The molecule has 0 bridgehead atoms. The number of carbonyl (C=O) groups excluding carboxylic acids is 1. The average Bonchev–Trinajstić information content (AvgIpc) is 2.52. The predicted molar refractivity (Wildman–Crippen MR) is 73.0 cm³/mol. The number of benzene rings is 1. The highest BCUT2D eigenvalue weighted by Crippen LogP contribution is 2.44. The Hall–Kier alpha value is -1.91. The van der Waals surface area contributed by atoms with Crippen LogP contribution in [-0.4, -0.2) is 23.9 Å². The lowest BCUT2D eigenvalue weighted by atomic mass is 9.78. The zero-order chi connectivity index (χ0) is 14.4. The van der Waals surface area contributed by atoms with Crippen molar-refractivity contribution in [1.82, 2.24) is 0 Å². The van der Waals surface area contributed by atoms with E-state index in [9.17, 15) is 14.9 Å². The third-order valence-electron chi connectivity index (χ3n) is 3.95. The van der Waals surface area contributed by atoms with E-state index < -0.39 is 11.5 Å². The van der Waals surface area contributed by atoms with Gasteiger partial charge in [0.15, 0.2) is 0 Å². The summed E-state index contributed by atoms with van der Waals surface area (Å²) >= 11 is 0. The summed E-state index contributed by atoms with van der Waals surface area (Å²) in [5.41, 5.74) is 2.01. The molecule has 5 heteroatoms. The summed E-state index contributed by atoms with van der Waals surface area (Å²) in [4.78, 5) is 24.6. The van der Waals surface area contributed by atoms with Gasteiger partial charge in [-0.15, -0.1) is 0 Å². The lowest BCUT2D eigenvalue weighted by Gasteiger charge is -2.23. The van der Waals surface area contributed by atoms with Gasteiger partial charge in [-0.2, -0.15) is 0 Å². The summed E-state index contributed by atoms with van der Waals surface area (Å²) in [6.45, 7) is 5.31. The number of carbonyl (C=O) groups is 1. The Labute approximate surface area is 112 Å². The molecule has 1 heterocycles. The molecule has 0 spiro atoms. The van der Waals surface area contributed by atoms with E-state index in [4.69, 9.17) is 0 Å². The first-order valence-electron chi connectivity index (χ1n) is 6.30. The van der Waals surface area contributed by atoms with E-state index in [1.165, 1.54) is 0 Å². The number of hydrogen-bond acceptors (Lipinski definition) is 3. The van der Waals surface area contributed by atoms with Gasteiger partial charge in [0.1, 0.15) is 0 Å². The smallest absolute Gasteiger partial charge is 0.237 e. The Morgan fingerprint density at radius 3 is 2.68 bits per heavy atom. The minimum Gasteiger partial charge on any atom is -0.314 e. The third-order valence-corrected chi connectivity index (χ3v) is 3.95. The van der Waals surface area contributed by atoms with Crippen LogP contribution in [0.3, 0.4) is 0 Å². The molecule has 0 N–H and O–H groups in total.